The number of carbonyl (C=O) groups excluding carboxylic acids is 3. The summed E-state index contributed by atoms with van der Waals surface area (Å²) in [6.45, 7) is 11.5. The monoisotopic (exact) mass is 496 g/mol. The Morgan fingerprint density at radius 2 is 1.72 bits per heavy atom. The molecule has 3 aliphatic heterocycles. The molecular formula is C27H37BN2O6. The molecule has 1 aromatic rings. The van der Waals surface area contributed by atoms with Crippen molar-refractivity contribution in [2.45, 2.75) is 95.8 Å². The Morgan fingerprint density at radius 1 is 1.08 bits per heavy atom. The lowest BCUT2D eigenvalue weighted by Crippen LogP contribution is -2.54. The van der Waals surface area contributed by atoms with Crippen LogP contribution in [0.3, 0.4) is 0 Å². The quantitative estimate of drug-likeness (QED) is 0.459. The molecule has 4 aliphatic rings. The molecule has 1 aliphatic carbocycles. The lowest BCUT2D eigenvalue weighted by atomic mass is 9.72. The van der Waals surface area contributed by atoms with Crippen LogP contribution >= 0.6 is 0 Å². The van der Waals surface area contributed by atoms with Gasteiger partial charge in [0.05, 0.1) is 29.3 Å². The number of piperidine rings is 1. The topological polar surface area (TPSA) is 85.4 Å². The van der Waals surface area contributed by atoms with E-state index in [1.54, 1.807) is 4.90 Å². The zero-order valence-electron chi connectivity index (χ0n) is 22.1. The van der Waals surface area contributed by atoms with Gasteiger partial charge in [0.2, 0.25) is 5.91 Å². The van der Waals surface area contributed by atoms with Crippen LogP contribution in [-0.2, 0) is 29.0 Å². The SMILES string of the molecule is CCCCOC(=O)N1CCC2(CC1)C(=O)N(C1CC(=O)C1)c1cc(B3OC(C)(C)C(C)(C)O3)ccc12. The molecule has 8 nitrogen and oxygen atoms in total. The largest absolute Gasteiger partial charge is 0.494 e. The third-order valence-corrected chi connectivity index (χ3v) is 8.84. The molecule has 194 valence electrons. The maximum absolute atomic E-state index is 14.0. The number of carbonyl (C=O) groups is 3. The highest BCUT2D eigenvalue weighted by atomic mass is 16.7. The normalized spacial score (nSPS) is 24.3. The molecule has 1 spiro atoms. The van der Waals surface area contributed by atoms with Crippen LogP contribution in [0.4, 0.5) is 10.5 Å². The Kier molecular flexibility index (Phi) is 6.23. The second-order valence-corrected chi connectivity index (χ2v) is 11.7. The van der Waals surface area contributed by atoms with Crippen LogP contribution in [0.25, 0.3) is 0 Å². The molecule has 1 aromatic carbocycles. The summed E-state index contributed by atoms with van der Waals surface area (Å²) >= 11 is 0. The molecule has 0 aromatic heterocycles. The minimum Gasteiger partial charge on any atom is -0.449 e. The van der Waals surface area contributed by atoms with E-state index in [9.17, 15) is 14.4 Å². The van der Waals surface area contributed by atoms with E-state index in [2.05, 4.69) is 6.92 Å². The average molecular weight is 496 g/mol. The maximum Gasteiger partial charge on any atom is 0.494 e. The fourth-order valence-electron chi connectivity index (χ4n) is 5.69. The summed E-state index contributed by atoms with van der Waals surface area (Å²) in [6.07, 6.45) is 3.35. The first-order valence-electron chi connectivity index (χ1n) is 13.3. The lowest BCUT2D eigenvalue weighted by Gasteiger charge is -2.39. The first-order chi connectivity index (χ1) is 17.0. The van der Waals surface area contributed by atoms with E-state index in [0.717, 1.165) is 29.6 Å². The molecule has 3 heterocycles. The van der Waals surface area contributed by atoms with Crippen LogP contribution in [0.1, 0.15) is 78.7 Å². The Balaban J connectivity index is 1.42. The molecule has 3 fully saturated rings. The van der Waals surface area contributed by atoms with E-state index < -0.39 is 23.7 Å². The maximum atomic E-state index is 14.0. The molecule has 2 amide bonds. The first-order valence-corrected chi connectivity index (χ1v) is 13.3. The molecular weight excluding hydrogens is 459 g/mol. The van der Waals surface area contributed by atoms with E-state index in [0.29, 0.717) is 45.4 Å². The number of likely N-dealkylation sites (tertiary alicyclic amines) is 1. The van der Waals surface area contributed by atoms with Crippen LogP contribution < -0.4 is 10.4 Å². The number of fused-ring (bicyclic) bond motifs is 2. The highest BCUT2D eigenvalue weighted by Crippen LogP contribution is 2.50. The fourth-order valence-corrected chi connectivity index (χ4v) is 5.69. The molecule has 9 heteroatoms. The van der Waals surface area contributed by atoms with Crippen molar-refractivity contribution in [1.29, 1.82) is 0 Å². The van der Waals surface area contributed by atoms with Crippen molar-refractivity contribution in [1.82, 2.24) is 4.90 Å². The fraction of sp³-hybridized carbons (Fsp3) is 0.667. The third kappa shape index (κ3) is 3.95. The number of nitrogens with zero attached hydrogens (tertiary/aromatic N) is 2. The van der Waals surface area contributed by atoms with Gasteiger partial charge >= 0.3 is 13.2 Å². The smallest absolute Gasteiger partial charge is 0.449 e. The predicted molar refractivity (Wildman–Crippen MR) is 136 cm³/mol. The molecule has 0 atom stereocenters. The second kappa shape index (κ2) is 8.87. The van der Waals surface area contributed by atoms with Gasteiger partial charge in [0.25, 0.3) is 0 Å². The summed E-state index contributed by atoms with van der Waals surface area (Å²) in [5.41, 5.74) is 1.07. The highest BCUT2D eigenvalue weighted by Gasteiger charge is 2.57. The Bertz CT molecular complexity index is 1050. The molecule has 0 unspecified atom stereocenters. The van der Waals surface area contributed by atoms with Gasteiger partial charge in [-0.25, -0.2) is 4.79 Å². The van der Waals surface area contributed by atoms with Crippen LogP contribution in [0.5, 0.6) is 0 Å². The van der Waals surface area contributed by atoms with Crippen molar-refractivity contribution in [3.63, 3.8) is 0 Å². The first kappa shape index (κ1) is 25.3. The van der Waals surface area contributed by atoms with Crippen molar-refractivity contribution in [3.05, 3.63) is 23.8 Å². The van der Waals surface area contributed by atoms with Gasteiger partial charge in [-0.1, -0.05) is 25.5 Å². The summed E-state index contributed by atoms with van der Waals surface area (Å²) in [5.74, 6) is 0.224. The standard InChI is InChI=1S/C27H37BN2O6/c1-6-7-14-34-24(33)29-12-10-27(11-13-29)21-9-8-18(28-35-25(2,3)26(4,5)36-28)15-22(21)30(23(27)32)19-16-20(31)17-19/h8-9,15,19H,6-7,10-14,16-17H2,1-5H3. The summed E-state index contributed by atoms with van der Waals surface area (Å²) in [4.78, 5) is 42.0. The number of hydrogen-bond donors (Lipinski definition) is 0. The zero-order valence-corrected chi connectivity index (χ0v) is 22.1. The van der Waals surface area contributed by atoms with Gasteiger partial charge in [-0.15, -0.1) is 0 Å². The van der Waals surface area contributed by atoms with Gasteiger partial charge in [0, 0.05) is 31.6 Å². The summed E-state index contributed by atoms with van der Waals surface area (Å²) in [6, 6.07) is 5.92. The van der Waals surface area contributed by atoms with Crippen molar-refractivity contribution in [2.75, 3.05) is 24.6 Å². The second-order valence-electron chi connectivity index (χ2n) is 11.7. The van der Waals surface area contributed by atoms with Gasteiger partial charge in [-0.3, -0.25) is 9.59 Å². The molecule has 0 N–H and O–H groups in total. The molecule has 1 saturated carbocycles. The average Bonchev–Trinajstić information content (AvgIpc) is 3.17. The number of ketones is 1. The van der Waals surface area contributed by atoms with Gasteiger partial charge in [-0.05, 0) is 64.1 Å². The number of hydrogen-bond acceptors (Lipinski definition) is 6. The Hall–Kier alpha value is -2.39. The molecule has 36 heavy (non-hydrogen) atoms. The number of benzene rings is 1. The van der Waals surface area contributed by atoms with E-state index in [1.807, 2.05) is 50.8 Å². The number of anilines is 1. The van der Waals surface area contributed by atoms with E-state index in [1.165, 1.54) is 0 Å². The Labute approximate surface area is 213 Å². The molecule has 0 bridgehead atoms. The summed E-state index contributed by atoms with van der Waals surface area (Å²) in [5, 5.41) is 0. The molecule has 0 radical (unpaired) electrons. The van der Waals surface area contributed by atoms with Gasteiger partial charge < -0.3 is 23.8 Å². The minimum absolute atomic E-state index is 0.0417. The number of unbranched alkanes of at least 4 members (excludes halogenated alkanes) is 1. The van der Waals surface area contributed by atoms with Crippen LogP contribution in [0.15, 0.2) is 18.2 Å². The van der Waals surface area contributed by atoms with Crippen LogP contribution in [-0.4, -0.2) is 66.7 Å². The summed E-state index contributed by atoms with van der Waals surface area (Å²) < 4.78 is 17.9. The van der Waals surface area contributed by atoms with Gasteiger partial charge in [0.1, 0.15) is 5.78 Å². The van der Waals surface area contributed by atoms with Crippen molar-refractivity contribution >= 4 is 36.1 Å². The van der Waals surface area contributed by atoms with E-state index in [-0.39, 0.29) is 23.8 Å². The van der Waals surface area contributed by atoms with Crippen LogP contribution in [0, 0.1) is 0 Å². The van der Waals surface area contributed by atoms with Gasteiger partial charge in [-0.2, -0.15) is 0 Å². The summed E-state index contributed by atoms with van der Waals surface area (Å²) in [7, 11) is -0.531. The number of Topliss-reactive ketones (excluding diaryl/α,β-unsaturated/α-hetero) is 1. The molecule has 2 saturated heterocycles. The highest BCUT2D eigenvalue weighted by molar-refractivity contribution is 6.62. The predicted octanol–water partition coefficient (Wildman–Crippen LogP) is 3.33. The van der Waals surface area contributed by atoms with Gasteiger partial charge in [0.15, 0.2) is 0 Å². The third-order valence-electron chi connectivity index (χ3n) is 8.84. The van der Waals surface area contributed by atoms with Crippen LogP contribution in [0.2, 0.25) is 0 Å². The van der Waals surface area contributed by atoms with Crippen molar-refractivity contribution < 1.29 is 28.4 Å². The Morgan fingerprint density at radius 3 is 2.31 bits per heavy atom. The number of ether oxygens (including phenoxy) is 1. The minimum atomic E-state index is -0.692. The number of amides is 2. The lowest BCUT2D eigenvalue weighted by molar-refractivity contribution is -0.128. The molecule has 5 rings (SSSR count). The van der Waals surface area contributed by atoms with Crippen molar-refractivity contribution in [2.24, 2.45) is 0 Å². The van der Waals surface area contributed by atoms with E-state index in [4.69, 9.17) is 14.0 Å². The van der Waals surface area contributed by atoms with E-state index >= 15 is 0 Å². The zero-order chi connectivity index (χ0) is 25.9. The number of rotatable bonds is 5. The van der Waals surface area contributed by atoms with Crippen molar-refractivity contribution in [3.8, 4) is 0 Å².